The molecular formula is C12H12N4O. The largest absolute Gasteiger partial charge is 0.336 e. The molecule has 0 spiro atoms. The second-order valence-electron chi connectivity index (χ2n) is 4.04. The molecule has 2 aromatic rings. The number of aromatic nitrogens is 1. The van der Waals surface area contributed by atoms with Crippen LogP contribution >= 0.6 is 0 Å². The van der Waals surface area contributed by atoms with Crippen LogP contribution in [0.1, 0.15) is 16.1 Å². The number of para-hydroxylation sites is 1. The number of carbonyl (C=O) groups excluding carboxylic acids is 1. The summed E-state index contributed by atoms with van der Waals surface area (Å²) < 4.78 is 2.05. The highest BCUT2D eigenvalue weighted by atomic mass is 16.1. The Morgan fingerprint density at radius 2 is 2.41 bits per heavy atom. The summed E-state index contributed by atoms with van der Waals surface area (Å²) in [6, 6.07) is 8.05. The third-order valence-electron chi connectivity index (χ3n) is 3.11. The van der Waals surface area contributed by atoms with Crippen molar-refractivity contribution in [2.24, 2.45) is 10.9 Å². The van der Waals surface area contributed by atoms with Crippen molar-refractivity contribution in [3.8, 4) is 0 Å². The van der Waals surface area contributed by atoms with E-state index in [0.29, 0.717) is 5.69 Å². The van der Waals surface area contributed by atoms with Crippen LogP contribution in [-0.2, 0) is 13.0 Å². The van der Waals surface area contributed by atoms with Gasteiger partial charge in [0.15, 0.2) is 0 Å². The minimum absolute atomic E-state index is 0.178. The number of carbonyl (C=O) groups is 1. The van der Waals surface area contributed by atoms with Gasteiger partial charge in [-0.25, -0.2) is 0 Å². The highest BCUT2D eigenvalue weighted by Gasteiger charge is 2.20. The summed E-state index contributed by atoms with van der Waals surface area (Å²) in [6.45, 7) is 0.853. The van der Waals surface area contributed by atoms with Crippen LogP contribution in [0.4, 0.5) is 0 Å². The summed E-state index contributed by atoms with van der Waals surface area (Å²) in [5.41, 5.74) is 3.13. The molecule has 0 saturated heterocycles. The second kappa shape index (κ2) is 3.62. The van der Waals surface area contributed by atoms with Gasteiger partial charge in [0.2, 0.25) is 0 Å². The van der Waals surface area contributed by atoms with Crippen LogP contribution in [0.5, 0.6) is 0 Å². The van der Waals surface area contributed by atoms with Crippen LogP contribution in [0.2, 0.25) is 0 Å². The Hall–Kier alpha value is -2.30. The maximum absolute atomic E-state index is 11.9. The first kappa shape index (κ1) is 9.89. The van der Waals surface area contributed by atoms with Gasteiger partial charge in [-0.05, 0) is 18.1 Å². The van der Waals surface area contributed by atoms with Crippen LogP contribution in [0.15, 0.2) is 29.4 Å². The number of benzene rings is 1. The van der Waals surface area contributed by atoms with Gasteiger partial charge in [0.05, 0.1) is 5.52 Å². The second-order valence-corrected chi connectivity index (χ2v) is 4.04. The van der Waals surface area contributed by atoms with E-state index in [1.807, 2.05) is 22.8 Å². The zero-order valence-corrected chi connectivity index (χ0v) is 9.18. The van der Waals surface area contributed by atoms with Gasteiger partial charge in [-0.3, -0.25) is 4.79 Å². The van der Waals surface area contributed by atoms with Gasteiger partial charge in [-0.1, -0.05) is 18.2 Å². The molecule has 0 fully saturated rings. The molecule has 1 aliphatic heterocycles. The SMILES string of the molecule is NN=CNC(=O)c1cc2cccc3c2n1CC3. The standard InChI is InChI=1S/C12H12N4O/c13-15-7-14-12(17)10-6-9-3-1-2-8-4-5-16(10)11(8)9/h1-3,6-7H,4-5,13H2,(H,14,15,17). The van der Waals surface area contributed by atoms with Gasteiger partial charge in [0.1, 0.15) is 12.0 Å². The fourth-order valence-corrected chi connectivity index (χ4v) is 2.43. The number of nitrogens with zero attached hydrogens (tertiary/aromatic N) is 2. The minimum Gasteiger partial charge on any atom is -0.336 e. The van der Waals surface area contributed by atoms with Gasteiger partial charge in [-0.2, -0.15) is 5.10 Å². The third kappa shape index (κ3) is 1.39. The fraction of sp³-hybridized carbons (Fsp3) is 0.167. The molecule has 2 heterocycles. The molecule has 1 amide bonds. The Morgan fingerprint density at radius 1 is 1.53 bits per heavy atom. The zero-order chi connectivity index (χ0) is 11.8. The van der Waals surface area contributed by atoms with Crippen LogP contribution < -0.4 is 11.2 Å². The van der Waals surface area contributed by atoms with E-state index in [-0.39, 0.29) is 5.91 Å². The van der Waals surface area contributed by atoms with E-state index in [1.54, 1.807) is 0 Å². The molecule has 1 aliphatic rings. The Bertz CT molecular complexity index is 627. The van der Waals surface area contributed by atoms with Crippen molar-refractivity contribution in [3.63, 3.8) is 0 Å². The molecule has 0 bridgehead atoms. The molecule has 5 heteroatoms. The zero-order valence-electron chi connectivity index (χ0n) is 9.18. The van der Waals surface area contributed by atoms with Gasteiger partial charge in [0, 0.05) is 11.9 Å². The summed E-state index contributed by atoms with van der Waals surface area (Å²) in [7, 11) is 0. The Morgan fingerprint density at radius 3 is 3.24 bits per heavy atom. The first-order valence-electron chi connectivity index (χ1n) is 5.45. The average molecular weight is 228 g/mol. The summed E-state index contributed by atoms with van der Waals surface area (Å²) >= 11 is 0. The van der Waals surface area contributed by atoms with Crippen molar-refractivity contribution in [2.75, 3.05) is 0 Å². The number of amides is 1. The topological polar surface area (TPSA) is 72.4 Å². The van der Waals surface area contributed by atoms with Crippen LogP contribution in [0, 0.1) is 0 Å². The maximum atomic E-state index is 11.9. The molecule has 86 valence electrons. The Kier molecular flexibility index (Phi) is 2.11. The number of hydrogen-bond acceptors (Lipinski definition) is 3. The molecule has 3 N–H and O–H groups in total. The minimum atomic E-state index is -0.178. The van der Waals surface area contributed by atoms with E-state index < -0.39 is 0 Å². The van der Waals surface area contributed by atoms with Crippen LogP contribution in [0.25, 0.3) is 10.9 Å². The number of nitrogens with one attached hydrogen (secondary N) is 1. The van der Waals surface area contributed by atoms with Crippen molar-refractivity contribution in [1.82, 2.24) is 9.88 Å². The van der Waals surface area contributed by atoms with Gasteiger partial charge in [0.25, 0.3) is 5.91 Å². The first-order valence-corrected chi connectivity index (χ1v) is 5.45. The number of rotatable bonds is 2. The normalized spacial score (nSPS) is 13.6. The van der Waals surface area contributed by atoms with E-state index in [9.17, 15) is 4.79 Å². The van der Waals surface area contributed by atoms with E-state index in [4.69, 9.17) is 5.84 Å². The van der Waals surface area contributed by atoms with E-state index in [2.05, 4.69) is 16.5 Å². The number of hydrazone groups is 1. The van der Waals surface area contributed by atoms with Crippen molar-refractivity contribution in [1.29, 1.82) is 0 Å². The van der Waals surface area contributed by atoms with Gasteiger partial charge >= 0.3 is 0 Å². The summed E-state index contributed by atoms with van der Waals surface area (Å²) in [4.78, 5) is 11.9. The molecular weight excluding hydrogens is 216 g/mol. The highest BCUT2D eigenvalue weighted by Crippen LogP contribution is 2.29. The predicted octanol–water partition coefficient (Wildman–Crippen LogP) is 0.829. The average Bonchev–Trinajstić information content (AvgIpc) is 2.93. The lowest BCUT2D eigenvalue weighted by molar-refractivity contribution is 0.0970. The molecule has 1 aromatic heterocycles. The Labute approximate surface area is 97.9 Å². The first-order chi connectivity index (χ1) is 8.31. The highest BCUT2D eigenvalue weighted by molar-refractivity contribution is 6.04. The third-order valence-corrected chi connectivity index (χ3v) is 3.11. The number of nitrogens with two attached hydrogens (primary N) is 1. The summed E-state index contributed by atoms with van der Waals surface area (Å²) in [5, 5.41) is 6.89. The lowest BCUT2D eigenvalue weighted by atomic mass is 10.1. The lowest BCUT2D eigenvalue weighted by Crippen LogP contribution is -2.24. The molecule has 1 aromatic carbocycles. The van der Waals surface area contributed by atoms with E-state index in [1.165, 1.54) is 17.4 Å². The van der Waals surface area contributed by atoms with Crippen LogP contribution in [0.3, 0.4) is 0 Å². The number of hydrogen-bond donors (Lipinski definition) is 2. The number of aryl methyl sites for hydroxylation is 2. The Balaban J connectivity index is 2.12. The molecule has 0 unspecified atom stereocenters. The fourth-order valence-electron chi connectivity index (χ4n) is 2.43. The summed E-state index contributed by atoms with van der Waals surface area (Å²) in [6.07, 6.45) is 2.18. The molecule has 0 aliphatic carbocycles. The molecule has 0 atom stereocenters. The lowest BCUT2D eigenvalue weighted by Gasteiger charge is -2.02. The quantitative estimate of drug-likeness (QED) is 0.346. The smallest absolute Gasteiger partial charge is 0.273 e. The predicted molar refractivity (Wildman–Crippen MR) is 65.8 cm³/mol. The molecule has 17 heavy (non-hydrogen) atoms. The van der Waals surface area contributed by atoms with Gasteiger partial charge in [-0.15, -0.1) is 0 Å². The van der Waals surface area contributed by atoms with E-state index >= 15 is 0 Å². The van der Waals surface area contributed by atoms with Gasteiger partial charge < -0.3 is 15.7 Å². The summed E-state index contributed by atoms with van der Waals surface area (Å²) in [5.74, 6) is 4.78. The van der Waals surface area contributed by atoms with Crippen LogP contribution in [-0.4, -0.2) is 16.8 Å². The van der Waals surface area contributed by atoms with Crippen molar-refractivity contribution < 1.29 is 4.79 Å². The molecule has 5 nitrogen and oxygen atoms in total. The van der Waals surface area contributed by atoms with Crippen molar-refractivity contribution >= 4 is 23.1 Å². The molecule has 0 saturated carbocycles. The molecule has 0 radical (unpaired) electrons. The molecule has 3 rings (SSSR count). The maximum Gasteiger partial charge on any atom is 0.273 e. The van der Waals surface area contributed by atoms with Crippen molar-refractivity contribution in [2.45, 2.75) is 13.0 Å². The van der Waals surface area contributed by atoms with Crippen molar-refractivity contribution in [3.05, 3.63) is 35.5 Å². The van der Waals surface area contributed by atoms with E-state index in [0.717, 1.165) is 18.4 Å². The monoisotopic (exact) mass is 228 g/mol.